The smallest absolute Gasteiger partial charge is 0.330 e. The molecule has 3 aromatic rings. The van der Waals surface area contributed by atoms with Gasteiger partial charge >= 0.3 is 5.97 Å². The van der Waals surface area contributed by atoms with Gasteiger partial charge in [0.1, 0.15) is 0 Å². The van der Waals surface area contributed by atoms with Crippen molar-refractivity contribution in [1.82, 2.24) is 0 Å². The number of carbonyl (C=O) groups excluding carboxylic acids is 3. The first kappa shape index (κ1) is 19.8. The molecular formula is C23H19NO5. The standard InChI is InChI=1S/C23H19NO5/c1-2-28-21(25)14-11-16-7-6-10-18(15-16)24-23(27)20-13-12-19(29-20)22(26)17-8-4-3-5-9-17/h3-15H,2H2,1H3,(H,24,27)/b14-11+. The van der Waals surface area contributed by atoms with E-state index in [2.05, 4.69) is 5.32 Å². The number of benzene rings is 2. The lowest BCUT2D eigenvalue weighted by molar-refractivity contribution is -0.137. The fourth-order valence-corrected chi connectivity index (χ4v) is 2.58. The Morgan fingerprint density at radius 1 is 0.966 bits per heavy atom. The van der Waals surface area contributed by atoms with Crippen LogP contribution in [0, 0.1) is 0 Å². The second kappa shape index (κ2) is 9.32. The van der Waals surface area contributed by atoms with E-state index in [0.717, 1.165) is 5.56 Å². The second-order valence-corrected chi connectivity index (χ2v) is 6.02. The number of ether oxygens (including phenoxy) is 1. The highest BCUT2D eigenvalue weighted by atomic mass is 16.5. The SMILES string of the molecule is CCOC(=O)/C=C/c1cccc(NC(=O)c2ccc(C(=O)c3ccccc3)o2)c1. The Morgan fingerprint density at radius 3 is 2.48 bits per heavy atom. The average molecular weight is 389 g/mol. The summed E-state index contributed by atoms with van der Waals surface area (Å²) in [5.74, 6) is -1.10. The Morgan fingerprint density at radius 2 is 1.72 bits per heavy atom. The molecule has 6 heteroatoms. The average Bonchev–Trinajstić information content (AvgIpc) is 3.23. The van der Waals surface area contributed by atoms with Crippen LogP contribution in [0.15, 0.2) is 77.2 Å². The monoisotopic (exact) mass is 389 g/mol. The van der Waals surface area contributed by atoms with Crippen molar-refractivity contribution in [3.63, 3.8) is 0 Å². The molecule has 0 bridgehead atoms. The van der Waals surface area contributed by atoms with Crippen LogP contribution in [0.25, 0.3) is 6.08 Å². The zero-order chi connectivity index (χ0) is 20.6. The van der Waals surface area contributed by atoms with E-state index in [-0.39, 0.29) is 17.3 Å². The highest BCUT2D eigenvalue weighted by Crippen LogP contribution is 2.17. The molecule has 6 nitrogen and oxygen atoms in total. The summed E-state index contributed by atoms with van der Waals surface area (Å²) in [4.78, 5) is 36.2. The van der Waals surface area contributed by atoms with Gasteiger partial charge in [-0.15, -0.1) is 0 Å². The van der Waals surface area contributed by atoms with Crippen LogP contribution < -0.4 is 5.32 Å². The normalized spacial score (nSPS) is 10.7. The maximum Gasteiger partial charge on any atom is 0.330 e. The number of ketones is 1. The maximum absolute atomic E-state index is 12.4. The summed E-state index contributed by atoms with van der Waals surface area (Å²) in [5, 5.41) is 2.71. The molecule has 0 spiro atoms. The number of furan rings is 1. The third-order valence-electron chi connectivity index (χ3n) is 3.93. The molecule has 1 N–H and O–H groups in total. The third-order valence-corrected chi connectivity index (χ3v) is 3.93. The van der Waals surface area contributed by atoms with E-state index >= 15 is 0 Å². The van der Waals surface area contributed by atoms with Crippen molar-refractivity contribution in [2.45, 2.75) is 6.92 Å². The molecule has 0 saturated heterocycles. The van der Waals surface area contributed by atoms with E-state index in [0.29, 0.717) is 17.9 Å². The molecule has 0 aliphatic heterocycles. The predicted octanol–water partition coefficient (Wildman–Crippen LogP) is 4.34. The summed E-state index contributed by atoms with van der Waals surface area (Å²) in [7, 11) is 0. The molecule has 0 fully saturated rings. The van der Waals surface area contributed by atoms with Gasteiger partial charge in [0.15, 0.2) is 11.5 Å². The van der Waals surface area contributed by atoms with Crippen LogP contribution in [0.5, 0.6) is 0 Å². The number of esters is 1. The van der Waals surface area contributed by atoms with Crippen molar-refractivity contribution in [1.29, 1.82) is 0 Å². The Bertz CT molecular complexity index is 1050. The lowest BCUT2D eigenvalue weighted by atomic mass is 10.1. The summed E-state index contributed by atoms with van der Waals surface area (Å²) < 4.78 is 10.3. The van der Waals surface area contributed by atoms with Gasteiger partial charge in [0.05, 0.1) is 6.61 Å². The number of carbonyl (C=O) groups is 3. The lowest BCUT2D eigenvalue weighted by Crippen LogP contribution is -2.11. The maximum atomic E-state index is 12.4. The van der Waals surface area contributed by atoms with Gasteiger partial charge in [-0.05, 0) is 42.8 Å². The van der Waals surface area contributed by atoms with Gasteiger partial charge in [-0.1, -0.05) is 42.5 Å². The molecule has 1 aromatic heterocycles. The van der Waals surface area contributed by atoms with Gasteiger partial charge in [-0.3, -0.25) is 9.59 Å². The van der Waals surface area contributed by atoms with Gasteiger partial charge in [0.2, 0.25) is 5.78 Å². The molecule has 146 valence electrons. The second-order valence-electron chi connectivity index (χ2n) is 6.02. The minimum Gasteiger partial charge on any atom is -0.463 e. The fraction of sp³-hybridized carbons (Fsp3) is 0.0870. The molecule has 0 atom stereocenters. The summed E-state index contributed by atoms with van der Waals surface area (Å²) in [6.07, 6.45) is 2.91. The van der Waals surface area contributed by atoms with E-state index in [9.17, 15) is 14.4 Å². The summed E-state index contributed by atoms with van der Waals surface area (Å²) in [6.45, 7) is 2.03. The van der Waals surface area contributed by atoms with Gasteiger partial charge in [-0.25, -0.2) is 4.79 Å². The molecule has 0 radical (unpaired) electrons. The molecule has 0 aliphatic rings. The molecule has 1 heterocycles. The minimum atomic E-state index is -0.483. The number of nitrogens with one attached hydrogen (secondary N) is 1. The summed E-state index contributed by atoms with van der Waals surface area (Å²) in [6, 6.07) is 18.6. The van der Waals surface area contributed by atoms with Crippen molar-refractivity contribution in [2.75, 3.05) is 11.9 Å². The summed E-state index contributed by atoms with van der Waals surface area (Å²) in [5.41, 5.74) is 1.72. The Hall–Kier alpha value is -3.93. The zero-order valence-corrected chi connectivity index (χ0v) is 15.8. The number of hydrogen-bond acceptors (Lipinski definition) is 5. The van der Waals surface area contributed by atoms with Gasteiger partial charge < -0.3 is 14.5 Å². The van der Waals surface area contributed by atoms with Crippen LogP contribution in [0.3, 0.4) is 0 Å². The van der Waals surface area contributed by atoms with Crippen LogP contribution in [-0.4, -0.2) is 24.3 Å². The van der Waals surface area contributed by atoms with Gasteiger partial charge in [0.25, 0.3) is 5.91 Å². The molecule has 0 aliphatic carbocycles. The lowest BCUT2D eigenvalue weighted by Gasteiger charge is -2.04. The topological polar surface area (TPSA) is 85.6 Å². The van der Waals surface area contributed by atoms with Crippen LogP contribution in [0.2, 0.25) is 0 Å². The molecule has 0 unspecified atom stereocenters. The predicted molar refractivity (Wildman–Crippen MR) is 109 cm³/mol. The third kappa shape index (κ3) is 5.29. The summed E-state index contributed by atoms with van der Waals surface area (Å²) >= 11 is 0. The zero-order valence-electron chi connectivity index (χ0n) is 15.8. The Balaban J connectivity index is 1.68. The quantitative estimate of drug-likeness (QED) is 0.369. The van der Waals surface area contributed by atoms with Crippen LogP contribution in [0.1, 0.15) is 39.2 Å². The number of amides is 1. The number of anilines is 1. The first-order valence-electron chi connectivity index (χ1n) is 9.02. The van der Waals surface area contributed by atoms with E-state index in [1.54, 1.807) is 61.5 Å². The van der Waals surface area contributed by atoms with Crippen molar-refractivity contribution in [3.8, 4) is 0 Å². The Labute approximate surface area is 167 Å². The first-order chi connectivity index (χ1) is 14.1. The molecular weight excluding hydrogens is 370 g/mol. The van der Waals surface area contributed by atoms with Crippen molar-refractivity contribution >= 4 is 29.4 Å². The van der Waals surface area contributed by atoms with Crippen LogP contribution in [-0.2, 0) is 9.53 Å². The van der Waals surface area contributed by atoms with E-state index in [1.807, 2.05) is 6.07 Å². The number of rotatable bonds is 7. The van der Waals surface area contributed by atoms with E-state index < -0.39 is 11.9 Å². The van der Waals surface area contributed by atoms with Crippen LogP contribution in [0.4, 0.5) is 5.69 Å². The molecule has 29 heavy (non-hydrogen) atoms. The molecule has 0 saturated carbocycles. The molecule has 1 amide bonds. The number of hydrogen-bond donors (Lipinski definition) is 1. The minimum absolute atomic E-state index is 0.0248. The van der Waals surface area contributed by atoms with Gasteiger partial charge in [0, 0.05) is 17.3 Å². The highest BCUT2D eigenvalue weighted by molar-refractivity contribution is 6.08. The molecule has 2 aromatic carbocycles. The Kier molecular flexibility index (Phi) is 6.37. The van der Waals surface area contributed by atoms with Crippen LogP contribution >= 0.6 is 0 Å². The highest BCUT2D eigenvalue weighted by Gasteiger charge is 2.17. The van der Waals surface area contributed by atoms with E-state index in [1.165, 1.54) is 18.2 Å². The largest absolute Gasteiger partial charge is 0.463 e. The fourth-order valence-electron chi connectivity index (χ4n) is 2.58. The molecule has 3 rings (SSSR count). The van der Waals surface area contributed by atoms with Crippen molar-refractivity contribution < 1.29 is 23.5 Å². The van der Waals surface area contributed by atoms with Crippen molar-refractivity contribution in [2.24, 2.45) is 0 Å². The van der Waals surface area contributed by atoms with Crippen molar-refractivity contribution in [3.05, 3.63) is 95.5 Å². The van der Waals surface area contributed by atoms with Gasteiger partial charge in [-0.2, -0.15) is 0 Å². The first-order valence-corrected chi connectivity index (χ1v) is 9.02. The van der Waals surface area contributed by atoms with E-state index in [4.69, 9.17) is 9.15 Å².